The number of carbonyl (C=O) groups excluding carboxylic acids is 1. The highest BCUT2D eigenvalue weighted by Gasteiger charge is 2.30. The lowest BCUT2D eigenvalue weighted by molar-refractivity contribution is -0.131. The molecular weight excluding hydrogens is 562 g/mol. The molecule has 1 unspecified atom stereocenters. The summed E-state index contributed by atoms with van der Waals surface area (Å²) in [4.78, 5) is 21.4. The largest absolute Gasteiger partial charge is 0.491 e. The van der Waals surface area contributed by atoms with E-state index in [2.05, 4.69) is 41.9 Å². The molecule has 12 heteroatoms. The number of ether oxygens (including phenoxy) is 5. The molecule has 0 fully saturated rings. The lowest BCUT2D eigenvalue weighted by Gasteiger charge is -2.36. The molecule has 1 aromatic rings. The molecule has 0 saturated carbocycles. The summed E-state index contributed by atoms with van der Waals surface area (Å²) >= 11 is 1.26. The number of rotatable bonds is 27. The summed E-state index contributed by atoms with van der Waals surface area (Å²) in [6, 6.07) is 8.26. The molecule has 240 valence electrons. The van der Waals surface area contributed by atoms with Gasteiger partial charge in [-0.15, -0.1) is 0 Å². The first kappa shape index (κ1) is 38.0. The van der Waals surface area contributed by atoms with Crippen LogP contribution in [0.25, 0.3) is 0 Å². The molecule has 0 saturated heterocycles. The van der Waals surface area contributed by atoms with Crippen molar-refractivity contribution in [3.8, 4) is 5.75 Å². The van der Waals surface area contributed by atoms with Gasteiger partial charge in [0, 0.05) is 63.0 Å². The van der Waals surface area contributed by atoms with Crippen molar-refractivity contribution in [2.45, 2.75) is 39.2 Å². The Kier molecular flexibility index (Phi) is 22.1. The monoisotopic (exact) mass is 613 g/mol. The van der Waals surface area contributed by atoms with Crippen molar-refractivity contribution in [2.75, 3.05) is 91.5 Å². The molecule has 0 aliphatic heterocycles. The van der Waals surface area contributed by atoms with Gasteiger partial charge in [0.25, 0.3) is 0 Å². The summed E-state index contributed by atoms with van der Waals surface area (Å²) < 4.78 is 27.8. The molecule has 0 spiro atoms. The Labute approximate surface area is 255 Å². The molecule has 0 heterocycles. The average molecular weight is 614 g/mol. The fraction of sp³-hybridized carbons (Fsp3) is 0.667. The quantitative estimate of drug-likeness (QED) is 0.0659. The summed E-state index contributed by atoms with van der Waals surface area (Å²) in [6.45, 7) is 15.2. The van der Waals surface area contributed by atoms with Crippen LogP contribution in [0, 0.1) is 0 Å². The summed E-state index contributed by atoms with van der Waals surface area (Å²) in [5.41, 5.74) is 0.986. The summed E-state index contributed by atoms with van der Waals surface area (Å²) in [7, 11) is 0. The van der Waals surface area contributed by atoms with Crippen molar-refractivity contribution in [3.63, 3.8) is 0 Å². The van der Waals surface area contributed by atoms with Gasteiger partial charge in [0.05, 0.1) is 46.4 Å². The Morgan fingerprint density at radius 3 is 2.17 bits per heavy atom. The highest BCUT2D eigenvalue weighted by atomic mass is 32.2. The fourth-order valence-corrected chi connectivity index (χ4v) is 4.29. The third-order valence-electron chi connectivity index (χ3n) is 6.23. The van der Waals surface area contributed by atoms with E-state index in [9.17, 15) is 9.59 Å². The van der Waals surface area contributed by atoms with E-state index in [-0.39, 0.29) is 16.6 Å². The Balaban J connectivity index is 2.33. The minimum absolute atomic E-state index is 0.101. The number of thioether (sulfide) groups is 1. The van der Waals surface area contributed by atoms with Crippen LogP contribution in [-0.4, -0.2) is 114 Å². The van der Waals surface area contributed by atoms with Crippen LogP contribution in [0.2, 0.25) is 0 Å². The number of carbonyl (C=O) groups is 2. The van der Waals surface area contributed by atoms with E-state index in [1.54, 1.807) is 13.0 Å². The van der Waals surface area contributed by atoms with Gasteiger partial charge in [-0.3, -0.25) is 10.1 Å². The summed E-state index contributed by atoms with van der Waals surface area (Å²) in [6.07, 6.45) is 2.73. The number of benzene rings is 1. The molecule has 1 atom stereocenters. The van der Waals surface area contributed by atoms with Crippen LogP contribution in [0.3, 0.4) is 0 Å². The number of nitrogens with one attached hydrogen (secondary N) is 3. The highest BCUT2D eigenvalue weighted by Crippen LogP contribution is 2.28. The van der Waals surface area contributed by atoms with Crippen LogP contribution in [0.15, 0.2) is 36.4 Å². The van der Waals surface area contributed by atoms with Gasteiger partial charge in [0.1, 0.15) is 12.4 Å². The van der Waals surface area contributed by atoms with Gasteiger partial charge in [-0.2, -0.15) is 0 Å². The van der Waals surface area contributed by atoms with E-state index >= 15 is 0 Å². The summed E-state index contributed by atoms with van der Waals surface area (Å²) in [5.74, 6) is 0.512. The molecule has 0 radical (unpaired) electrons. The first-order valence-corrected chi connectivity index (χ1v) is 15.5. The Morgan fingerprint density at radius 2 is 1.55 bits per heavy atom. The smallest absolute Gasteiger partial charge is 0.328 e. The van der Waals surface area contributed by atoms with Crippen LogP contribution in [-0.2, 0) is 34.0 Å². The van der Waals surface area contributed by atoms with Crippen molar-refractivity contribution in [3.05, 3.63) is 42.0 Å². The van der Waals surface area contributed by atoms with Gasteiger partial charge < -0.3 is 39.4 Å². The predicted octanol–water partition coefficient (Wildman–Crippen LogP) is 2.44. The van der Waals surface area contributed by atoms with Gasteiger partial charge in [0.2, 0.25) is 0 Å². The SMILES string of the molecule is CCOCNC(CNCCNCC=CC(=O)O)C(C)(C)c1ccc(OCCOCCOCCOCCSC(C)=O)cc1. The second-order valence-corrected chi connectivity index (χ2v) is 11.1. The molecule has 1 aromatic carbocycles. The Morgan fingerprint density at radius 1 is 0.929 bits per heavy atom. The molecule has 42 heavy (non-hydrogen) atoms. The van der Waals surface area contributed by atoms with Crippen LogP contribution in [0.5, 0.6) is 5.75 Å². The average Bonchev–Trinajstić information content (AvgIpc) is 2.95. The van der Waals surface area contributed by atoms with Gasteiger partial charge >= 0.3 is 5.97 Å². The fourth-order valence-electron chi connectivity index (χ4n) is 3.80. The molecular formula is C30H51N3O8S. The first-order chi connectivity index (χ1) is 20.3. The lowest BCUT2D eigenvalue weighted by Crippen LogP contribution is -2.52. The third kappa shape index (κ3) is 19.2. The second-order valence-electron chi connectivity index (χ2n) is 9.81. The Hall–Kier alpha value is -2.03. The van der Waals surface area contributed by atoms with Gasteiger partial charge in [-0.1, -0.05) is 43.8 Å². The van der Waals surface area contributed by atoms with Crippen molar-refractivity contribution in [1.82, 2.24) is 16.0 Å². The number of hydrogen-bond donors (Lipinski definition) is 4. The maximum Gasteiger partial charge on any atom is 0.328 e. The van der Waals surface area contributed by atoms with E-state index in [0.717, 1.165) is 31.5 Å². The molecule has 0 bridgehead atoms. The van der Waals surface area contributed by atoms with Gasteiger partial charge in [-0.25, -0.2) is 4.79 Å². The van der Waals surface area contributed by atoms with E-state index in [1.807, 2.05) is 19.1 Å². The molecule has 0 aliphatic rings. The Bertz CT molecular complexity index is 871. The first-order valence-electron chi connectivity index (χ1n) is 14.5. The van der Waals surface area contributed by atoms with Crippen LogP contribution < -0.4 is 20.7 Å². The van der Waals surface area contributed by atoms with Crippen molar-refractivity contribution in [2.24, 2.45) is 0 Å². The van der Waals surface area contributed by atoms with Gasteiger partial charge in [-0.05, 0) is 24.6 Å². The minimum atomic E-state index is -0.941. The molecule has 0 aliphatic carbocycles. The lowest BCUT2D eigenvalue weighted by atomic mass is 9.77. The van der Waals surface area contributed by atoms with E-state index in [0.29, 0.717) is 71.9 Å². The molecule has 1 rings (SSSR count). The van der Waals surface area contributed by atoms with Crippen LogP contribution >= 0.6 is 11.8 Å². The van der Waals surface area contributed by atoms with Crippen LogP contribution in [0.4, 0.5) is 0 Å². The summed E-state index contributed by atoms with van der Waals surface area (Å²) in [5, 5.41) is 18.9. The molecule has 0 aromatic heterocycles. The third-order valence-corrected chi connectivity index (χ3v) is 7.01. The van der Waals surface area contributed by atoms with E-state index < -0.39 is 5.97 Å². The number of hydrogen-bond acceptors (Lipinski definition) is 11. The maximum absolute atomic E-state index is 10.8. The standard InChI is InChI=1S/C30H51N3O8S/c1-5-37-24-33-28(23-32-14-13-31-12-6-7-29(35)36)30(3,4)26-8-10-27(11-9-26)41-20-19-39-16-15-38-17-18-40-21-22-42-25(2)34/h6-11,28,31-33H,5,12-24H2,1-4H3,(H,35,36). The topological polar surface area (TPSA) is 137 Å². The second kappa shape index (κ2) is 24.4. The van der Waals surface area contributed by atoms with Crippen molar-refractivity contribution < 1.29 is 38.4 Å². The van der Waals surface area contributed by atoms with Crippen LogP contribution in [0.1, 0.15) is 33.3 Å². The van der Waals surface area contributed by atoms with E-state index in [1.165, 1.54) is 17.3 Å². The minimum Gasteiger partial charge on any atom is -0.491 e. The maximum atomic E-state index is 10.8. The van der Waals surface area contributed by atoms with E-state index in [4.69, 9.17) is 28.8 Å². The zero-order chi connectivity index (χ0) is 30.9. The van der Waals surface area contributed by atoms with Crippen molar-refractivity contribution >= 4 is 22.8 Å². The van der Waals surface area contributed by atoms with Gasteiger partial charge in [0.15, 0.2) is 5.12 Å². The van der Waals surface area contributed by atoms with Crippen molar-refractivity contribution in [1.29, 1.82) is 0 Å². The molecule has 11 nitrogen and oxygen atoms in total. The number of carboxylic acid groups (broad SMARTS) is 1. The predicted molar refractivity (Wildman–Crippen MR) is 166 cm³/mol. The molecule has 4 N–H and O–H groups in total. The zero-order valence-electron chi connectivity index (χ0n) is 25.7. The zero-order valence-corrected chi connectivity index (χ0v) is 26.5. The number of carboxylic acids is 1. The highest BCUT2D eigenvalue weighted by molar-refractivity contribution is 8.13. The normalized spacial score (nSPS) is 12.6. The molecule has 0 amide bonds. The number of aliphatic carboxylic acids is 1.